The van der Waals surface area contributed by atoms with Gasteiger partial charge in [0.25, 0.3) is 0 Å². The summed E-state index contributed by atoms with van der Waals surface area (Å²) in [7, 11) is 0. The first-order valence-corrected chi connectivity index (χ1v) is 7.78. The zero-order chi connectivity index (χ0) is 16.0. The number of rotatable bonds is 7. The van der Waals surface area contributed by atoms with Crippen molar-refractivity contribution in [2.24, 2.45) is 5.92 Å². The minimum atomic E-state index is -4.67. The molecule has 2 atom stereocenters. The number of hydrogen-bond donors (Lipinski definition) is 1. The average molecular weight is 368 g/mol. The van der Waals surface area contributed by atoms with Gasteiger partial charge in [0.05, 0.1) is 4.47 Å². The van der Waals surface area contributed by atoms with Crippen LogP contribution in [0.3, 0.4) is 0 Å². The third kappa shape index (κ3) is 7.18. The molecule has 1 aromatic rings. The Morgan fingerprint density at radius 2 is 1.95 bits per heavy atom. The summed E-state index contributed by atoms with van der Waals surface area (Å²) >= 11 is 3.11. The fourth-order valence-corrected chi connectivity index (χ4v) is 2.51. The highest BCUT2D eigenvalue weighted by molar-refractivity contribution is 9.10. The Morgan fingerprint density at radius 1 is 1.29 bits per heavy atom. The topological polar surface area (TPSA) is 21.3 Å². The van der Waals surface area contributed by atoms with Gasteiger partial charge >= 0.3 is 6.36 Å². The smallest absolute Gasteiger partial charge is 0.405 e. The summed E-state index contributed by atoms with van der Waals surface area (Å²) in [6, 6.07) is 4.97. The van der Waals surface area contributed by atoms with Gasteiger partial charge in [0.2, 0.25) is 0 Å². The van der Waals surface area contributed by atoms with Crippen molar-refractivity contribution in [1.29, 1.82) is 0 Å². The molecule has 2 nitrogen and oxygen atoms in total. The standard InChI is InChI=1S/C15H21BrF3NO/c1-4-10(2)7-11(3)20-9-12-5-6-14(13(16)8-12)21-15(17,18)19/h5-6,8,10-11,20H,4,7,9H2,1-3H3. The highest BCUT2D eigenvalue weighted by Gasteiger charge is 2.31. The molecule has 0 amide bonds. The minimum Gasteiger partial charge on any atom is -0.405 e. The lowest BCUT2D eigenvalue weighted by atomic mass is 10.0. The van der Waals surface area contributed by atoms with Crippen molar-refractivity contribution in [2.45, 2.75) is 52.6 Å². The van der Waals surface area contributed by atoms with Gasteiger partial charge in [-0.3, -0.25) is 0 Å². The molecule has 1 N–H and O–H groups in total. The van der Waals surface area contributed by atoms with Gasteiger partial charge in [-0.15, -0.1) is 13.2 Å². The summed E-state index contributed by atoms with van der Waals surface area (Å²) in [6.07, 6.45) is -2.46. The molecule has 0 aromatic heterocycles. The predicted molar refractivity (Wildman–Crippen MR) is 81.2 cm³/mol. The number of alkyl halides is 3. The first-order chi connectivity index (χ1) is 9.71. The van der Waals surface area contributed by atoms with Crippen LogP contribution in [-0.4, -0.2) is 12.4 Å². The van der Waals surface area contributed by atoms with Crippen LogP contribution in [0.5, 0.6) is 5.75 Å². The zero-order valence-electron chi connectivity index (χ0n) is 12.4. The van der Waals surface area contributed by atoms with E-state index in [2.05, 4.69) is 46.8 Å². The molecule has 1 aromatic carbocycles. The quantitative estimate of drug-likeness (QED) is 0.709. The van der Waals surface area contributed by atoms with Crippen LogP contribution in [0.4, 0.5) is 13.2 Å². The summed E-state index contributed by atoms with van der Waals surface area (Å²) in [5.41, 5.74) is 0.910. The van der Waals surface area contributed by atoms with E-state index in [1.165, 1.54) is 6.07 Å². The monoisotopic (exact) mass is 367 g/mol. The summed E-state index contributed by atoms with van der Waals surface area (Å²) in [5, 5.41) is 3.38. The summed E-state index contributed by atoms with van der Waals surface area (Å²) in [5.74, 6) is 0.431. The van der Waals surface area contributed by atoms with Gasteiger partial charge in [-0.1, -0.05) is 26.3 Å². The van der Waals surface area contributed by atoms with Gasteiger partial charge < -0.3 is 10.1 Å². The van der Waals surface area contributed by atoms with E-state index in [0.717, 1.165) is 18.4 Å². The van der Waals surface area contributed by atoms with Gasteiger partial charge in [-0.25, -0.2) is 0 Å². The number of hydrogen-bond acceptors (Lipinski definition) is 2. The Hall–Kier alpha value is -0.750. The maximum Gasteiger partial charge on any atom is 0.573 e. The van der Waals surface area contributed by atoms with Gasteiger partial charge in [0.1, 0.15) is 5.75 Å². The molecular weight excluding hydrogens is 347 g/mol. The highest BCUT2D eigenvalue weighted by atomic mass is 79.9. The fraction of sp³-hybridized carbons (Fsp3) is 0.600. The first kappa shape index (κ1) is 18.3. The molecule has 0 bridgehead atoms. The Labute approximate surface area is 132 Å². The third-order valence-electron chi connectivity index (χ3n) is 3.33. The lowest BCUT2D eigenvalue weighted by Crippen LogP contribution is -2.27. The van der Waals surface area contributed by atoms with Gasteiger partial charge in [-0.05, 0) is 52.9 Å². The van der Waals surface area contributed by atoms with Crippen molar-refractivity contribution >= 4 is 15.9 Å². The maximum absolute atomic E-state index is 12.2. The van der Waals surface area contributed by atoms with Crippen molar-refractivity contribution in [3.8, 4) is 5.75 Å². The maximum atomic E-state index is 12.2. The molecule has 0 fully saturated rings. The van der Waals surface area contributed by atoms with Crippen LogP contribution in [0.2, 0.25) is 0 Å². The molecule has 120 valence electrons. The number of halogens is 4. The molecule has 0 aliphatic carbocycles. The van der Waals surface area contributed by atoms with Crippen molar-refractivity contribution in [2.75, 3.05) is 0 Å². The lowest BCUT2D eigenvalue weighted by Gasteiger charge is -2.18. The molecule has 0 heterocycles. The Kier molecular flexibility index (Phi) is 7.00. The fourth-order valence-electron chi connectivity index (χ4n) is 2.01. The van der Waals surface area contributed by atoms with Crippen LogP contribution in [0, 0.1) is 5.92 Å². The first-order valence-electron chi connectivity index (χ1n) is 6.98. The molecular formula is C15H21BrF3NO. The molecule has 0 radical (unpaired) electrons. The normalized spacial score (nSPS) is 14.8. The Morgan fingerprint density at radius 3 is 2.48 bits per heavy atom. The van der Waals surface area contributed by atoms with Gasteiger partial charge in [-0.2, -0.15) is 0 Å². The van der Waals surface area contributed by atoms with Crippen LogP contribution in [0.15, 0.2) is 22.7 Å². The van der Waals surface area contributed by atoms with Crippen LogP contribution < -0.4 is 10.1 Å². The molecule has 1 rings (SSSR count). The second-order valence-corrected chi connectivity index (χ2v) is 6.20. The van der Waals surface area contributed by atoms with E-state index in [1.807, 2.05) is 0 Å². The molecule has 0 aliphatic heterocycles. The molecule has 0 saturated carbocycles. The highest BCUT2D eigenvalue weighted by Crippen LogP contribution is 2.31. The third-order valence-corrected chi connectivity index (χ3v) is 3.95. The Bertz CT molecular complexity index is 451. The molecule has 21 heavy (non-hydrogen) atoms. The van der Waals surface area contributed by atoms with Crippen molar-refractivity contribution in [1.82, 2.24) is 5.32 Å². The number of ether oxygens (including phenoxy) is 1. The minimum absolute atomic E-state index is 0.223. The average Bonchev–Trinajstić information content (AvgIpc) is 2.37. The Balaban J connectivity index is 2.56. The van der Waals surface area contributed by atoms with E-state index in [-0.39, 0.29) is 5.75 Å². The molecule has 2 unspecified atom stereocenters. The lowest BCUT2D eigenvalue weighted by molar-refractivity contribution is -0.274. The van der Waals surface area contributed by atoms with Crippen molar-refractivity contribution in [3.05, 3.63) is 28.2 Å². The van der Waals surface area contributed by atoms with Crippen LogP contribution >= 0.6 is 15.9 Å². The van der Waals surface area contributed by atoms with E-state index < -0.39 is 6.36 Å². The van der Waals surface area contributed by atoms with E-state index in [9.17, 15) is 13.2 Å². The van der Waals surface area contributed by atoms with Gasteiger partial charge in [0, 0.05) is 12.6 Å². The SMILES string of the molecule is CCC(C)CC(C)NCc1ccc(OC(F)(F)F)c(Br)c1. The largest absolute Gasteiger partial charge is 0.573 e. The van der Waals surface area contributed by atoms with E-state index in [1.54, 1.807) is 12.1 Å². The van der Waals surface area contributed by atoms with E-state index >= 15 is 0 Å². The molecule has 0 aliphatic rings. The summed E-state index contributed by atoms with van der Waals surface area (Å²) in [6.45, 7) is 7.09. The van der Waals surface area contributed by atoms with Crippen LogP contribution in [0.1, 0.15) is 39.2 Å². The van der Waals surface area contributed by atoms with Crippen molar-refractivity contribution < 1.29 is 17.9 Å². The molecule has 0 spiro atoms. The summed E-state index contributed by atoms with van der Waals surface area (Å²) < 4.78 is 40.7. The second kappa shape index (κ2) is 8.03. The van der Waals surface area contributed by atoms with Crippen LogP contribution in [-0.2, 0) is 6.54 Å². The number of nitrogens with one attached hydrogen (secondary N) is 1. The molecule has 0 saturated heterocycles. The predicted octanol–water partition coefficient (Wildman–Crippen LogP) is 5.26. The summed E-state index contributed by atoms with van der Waals surface area (Å²) in [4.78, 5) is 0. The zero-order valence-corrected chi connectivity index (χ0v) is 14.0. The van der Waals surface area contributed by atoms with Crippen LogP contribution in [0.25, 0.3) is 0 Å². The number of benzene rings is 1. The van der Waals surface area contributed by atoms with E-state index in [0.29, 0.717) is 23.0 Å². The van der Waals surface area contributed by atoms with E-state index in [4.69, 9.17) is 0 Å². The second-order valence-electron chi connectivity index (χ2n) is 5.34. The molecule has 6 heteroatoms. The van der Waals surface area contributed by atoms with Crippen molar-refractivity contribution in [3.63, 3.8) is 0 Å². The van der Waals surface area contributed by atoms with Gasteiger partial charge in [0.15, 0.2) is 0 Å².